The molecule has 0 heterocycles. The molecule has 2 rings (SSSR count). The quantitative estimate of drug-likeness (QED) is 0.454. The molecule has 1 fully saturated rings. The number of nitrogens with zero attached hydrogens (tertiary/aromatic N) is 2. The lowest BCUT2D eigenvalue weighted by molar-refractivity contribution is 0.115. The first-order chi connectivity index (χ1) is 10.7. The fraction of sp³-hybridized carbons (Fsp3) is 0.588. The number of guanidine groups is 1. The van der Waals surface area contributed by atoms with E-state index in [4.69, 9.17) is 16.3 Å². The van der Waals surface area contributed by atoms with Crippen molar-refractivity contribution in [1.29, 1.82) is 0 Å². The van der Waals surface area contributed by atoms with Gasteiger partial charge < -0.3 is 15.0 Å². The molecule has 1 aliphatic carbocycles. The molecular weight excluding hydrogens is 298 g/mol. The summed E-state index contributed by atoms with van der Waals surface area (Å²) in [6, 6.07) is 7.97. The standard InChI is InChI=1S/C17H26ClN3O/c1-19-17(21(2)10-11-22-13-15-6-7-15)20-9-8-14-4-3-5-16(18)12-14/h3-5,12,15H,6-11,13H2,1-2H3,(H,19,20). The van der Waals surface area contributed by atoms with Crippen LogP contribution in [0.4, 0.5) is 0 Å². The Labute approximate surface area is 138 Å². The van der Waals surface area contributed by atoms with Gasteiger partial charge >= 0.3 is 0 Å². The Hall–Kier alpha value is -1.26. The number of hydrogen-bond acceptors (Lipinski definition) is 2. The van der Waals surface area contributed by atoms with E-state index in [0.717, 1.165) is 49.6 Å². The van der Waals surface area contributed by atoms with Crippen LogP contribution in [0.5, 0.6) is 0 Å². The van der Waals surface area contributed by atoms with E-state index >= 15 is 0 Å². The van der Waals surface area contributed by atoms with Crippen molar-refractivity contribution in [1.82, 2.24) is 10.2 Å². The normalized spacial score (nSPS) is 15.0. The molecule has 0 aliphatic heterocycles. The minimum Gasteiger partial charge on any atom is -0.379 e. The van der Waals surface area contributed by atoms with Gasteiger partial charge in [-0.05, 0) is 42.9 Å². The topological polar surface area (TPSA) is 36.9 Å². The minimum absolute atomic E-state index is 0.752. The molecule has 1 saturated carbocycles. The van der Waals surface area contributed by atoms with E-state index < -0.39 is 0 Å². The monoisotopic (exact) mass is 323 g/mol. The largest absolute Gasteiger partial charge is 0.379 e. The van der Waals surface area contributed by atoms with E-state index in [9.17, 15) is 0 Å². The van der Waals surface area contributed by atoms with Gasteiger partial charge in [0.25, 0.3) is 0 Å². The van der Waals surface area contributed by atoms with Crippen molar-refractivity contribution in [2.75, 3.05) is 40.4 Å². The van der Waals surface area contributed by atoms with Crippen LogP contribution in [0.25, 0.3) is 0 Å². The molecule has 5 heteroatoms. The summed E-state index contributed by atoms with van der Waals surface area (Å²) in [6.07, 6.45) is 3.59. The smallest absolute Gasteiger partial charge is 0.193 e. The number of likely N-dealkylation sites (N-methyl/N-ethyl adjacent to an activating group) is 1. The molecule has 0 bridgehead atoms. The van der Waals surface area contributed by atoms with Crippen molar-refractivity contribution in [3.63, 3.8) is 0 Å². The first-order valence-corrected chi connectivity index (χ1v) is 8.31. The molecule has 1 aromatic carbocycles. The van der Waals surface area contributed by atoms with E-state index in [1.165, 1.54) is 18.4 Å². The minimum atomic E-state index is 0.752. The molecule has 0 spiro atoms. The van der Waals surface area contributed by atoms with E-state index in [-0.39, 0.29) is 0 Å². The third-order valence-electron chi connectivity index (χ3n) is 3.78. The fourth-order valence-corrected chi connectivity index (χ4v) is 2.45. The van der Waals surface area contributed by atoms with Crippen LogP contribution in [0.3, 0.4) is 0 Å². The second kappa shape index (κ2) is 9.01. The number of hydrogen-bond donors (Lipinski definition) is 1. The Morgan fingerprint density at radius 1 is 1.45 bits per heavy atom. The van der Waals surface area contributed by atoms with Gasteiger partial charge in [-0.1, -0.05) is 23.7 Å². The molecule has 4 nitrogen and oxygen atoms in total. The second-order valence-electron chi connectivity index (χ2n) is 5.79. The summed E-state index contributed by atoms with van der Waals surface area (Å²) in [7, 11) is 3.85. The van der Waals surface area contributed by atoms with Crippen molar-refractivity contribution in [3.05, 3.63) is 34.9 Å². The van der Waals surface area contributed by atoms with Gasteiger partial charge in [-0.2, -0.15) is 0 Å². The van der Waals surface area contributed by atoms with Crippen LogP contribution in [0.2, 0.25) is 5.02 Å². The number of aliphatic imine (C=N–C) groups is 1. The molecular formula is C17H26ClN3O. The van der Waals surface area contributed by atoms with E-state index in [1.807, 2.05) is 32.3 Å². The zero-order valence-electron chi connectivity index (χ0n) is 13.5. The predicted molar refractivity (Wildman–Crippen MR) is 92.7 cm³/mol. The van der Waals surface area contributed by atoms with E-state index in [1.54, 1.807) is 0 Å². The van der Waals surface area contributed by atoms with Crippen molar-refractivity contribution >= 4 is 17.6 Å². The summed E-state index contributed by atoms with van der Waals surface area (Å²) in [5.41, 5.74) is 1.23. The Bertz CT molecular complexity index is 489. The highest BCUT2D eigenvalue weighted by molar-refractivity contribution is 6.30. The van der Waals surface area contributed by atoms with Crippen LogP contribution in [-0.4, -0.2) is 51.3 Å². The van der Waals surface area contributed by atoms with Crippen LogP contribution >= 0.6 is 11.6 Å². The lowest BCUT2D eigenvalue weighted by Gasteiger charge is -2.22. The summed E-state index contributed by atoms with van der Waals surface area (Å²) in [5, 5.41) is 4.16. The maximum atomic E-state index is 6.00. The van der Waals surface area contributed by atoms with E-state index in [0.29, 0.717) is 0 Å². The van der Waals surface area contributed by atoms with Gasteiger partial charge in [-0.25, -0.2) is 0 Å². The van der Waals surface area contributed by atoms with Gasteiger partial charge in [0.1, 0.15) is 0 Å². The molecule has 1 N–H and O–H groups in total. The van der Waals surface area contributed by atoms with Crippen LogP contribution in [-0.2, 0) is 11.2 Å². The molecule has 0 atom stereocenters. The average Bonchev–Trinajstić information content (AvgIpc) is 3.32. The van der Waals surface area contributed by atoms with Gasteiger partial charge in [0, 0.05) is 38.8 Å². The third-order valence-corrected chi connectivity index (χ3v) is 4.02. The zero-order chi connectivity index (χ0) is 15.8. The lowest BCUT2D eigenvalue weighted by Crippen LogP contribution is -2.41. The Balaban J connectivity index is 1.64. The summed E-state index contributed by atoms with van der Waals surface area (Å²) in [6.45, 7) is 3.35. The second-order valence-corrected chi connectivity index (χ2v) is 6.23. The van der Waals surface area contributed by atoms with Crippen molar-refractivity contribution < 1.29 is 4.74 Å². The maximum absolute atomic E-state index is 6.00. The molecule has 22 heavy (non-hydrogen) atoms. The number of benzene rings is 1. The third kappa shape index (κ3) is 6.24. The van der Waals surface area contributed by atoms with Gasteiger partial charge in [0.2, 0.25) is 0 Å². The van der Waals surface area contributed by atoms with Gasteiger partial charge in [0.15, 0.2) is 5.96 Å². The Kier molecular flexibility index (Phi) is 7.00. The predicted octanol–water partition coefficient (Wildman–Crippen LogP) is 2.82. The van der Waals surface area contributed by atoms with Crippen LogP contribution in [0, 0.1) is 5.92 Å². The van der Waals surface area contributed by atoms with Gasteiger partial charge in [-0.3, -0.25) is 4.99 Å². The molecule has 0 saturated heterocycles. The molecule has 0 amide bonds. The molecule has 122 valence electrons. The van der Waals surface area contributed by atoms with Crippen molar-refractivity contribution in [3.8, 4) is 0 Å². The summed E-state index contributed by atoms with van der Waals surface area (Å²) in [4.78, 5) is 6.41. The summed E-state index contributed by atoms with van der Waals surface area (Å²) < 4.78 is 5.67. The van der Waals surface area contributed by atoms with E-state index in [2.05, 4.69) is 21.3 Å². The van der Waals surface area contributed by atoms with Crippen molar-refractivity contribution in [2.45, 2.75) is 19.3 Å². The Morgan fingerprint density at radius 2 is 2.27 bits per heavy atom. The summed E-state index contributed by atoms with van der Waals surface area (Å²) >= 11 is 6.00. The molecule has 1 aliphatic rings. The molecule has 1 aromatic rings. The fourth-order valence-electron chi connectivity index (χ4n) is 2.24. The van der Waals surface area contributed by atoms with Crippen molar-refractivity contribution in [2.24, 2.45) is 10.9 Å². The lowest BCUT2D eigenvalue weighted by atomic mass is 10.1. The first-order valence-electron chi connectivity index (χ1n) is 7.93. The van der Waals surface area contributed by atoms with Gasteiger partial charge in [-0.15, -0.1) is 0 Å². The highest BCUT2D eigenvalue weighted by atomic mass is 35.5. The number of nitrogens with one attached hydrogen (secondary N) is 1. The molecule has 0 unspecified atom stereocenters. The van der Waals surface area contributed by atoms with Crippen LogP contribution < -0.4 is 5.32 Å². The molecule has 0 aromatic heterocycles. The number of rotatable bonds is 8. The van der Waals surface area contributed by atoms with Crippen LogP contribution in [0.1, 0.15) is 18.4 Å². The summed E-state index contributed by atoms with van der Waals surface area (Å²) in [5.74, 6) is 1.72. The average molecular weight is 324 g/mol. The van der Waals surface area contributed by atoms with Gasteiger partial charge in [0.05, 0.1) is 6.61 Å². The highest BCUT2D eigenvalue weighted by Gasteiger charge is 2.21. The first kappa shape index (κ1) is 17.1. The number of ether oxygens (including phenoxy) is 1. The van der Waals surface area contributed by atoms with Crippen LogP contribution in [0.15, 0.2) is 29.3 Å². The zero-order valence-corrected chi connectivity index (χ0v) is 14.3. The molecule has 0 radical (unpaired) electrons. The maximum Gasteiger partial charge on any atom is 0.193 e. The number of halogens is 1. The SMILES string of the molecule is CN=C(NCCc1cccc(Cl)c1)N(C)CCOCC1CC1. The highest BCUT2D eigenvalue weighted by Crippen LogP contribution is 2.28. The Morgan fingerprint density at radius 3 is 2.95 bits per heavy atom.